The normalized spacial score (nSPS) is 10.6. The van der Waals surface area contributed by atoms with E-state index in [2.05, 4.69) is 9.97 Å². The minimum Gasteiger partial charge on any atom is -0.268 e. The van der Waals surface area contributed by atoms with Crippen LogP contribution in [0.4, 0.5) is 0 Å². The van der Waals surface area contributed by atoms with E-state index in [4.69, 9.17) is 0 Å². The molecule has 2 aromatic heterocycles. The summed E-state index contributed by atoms with van der Waals surface area (Å²) in [6, 6.07) is 21.2. The van der Waals surface area contributed by atoms with Gasteiger partial charge < -0.3 is 0 Å². The van der Waals surface area contributed by atoms with Gasteiger partial charge in [-0.25, -0.2) is 9.97 Å². The number of aromatic nitrogens is 2. The van der Waals surface area contributed by atoms with Crippen LogP contribution in [0.5, 0.6) is 0 Å². The first kappa shape index (κ1) is 12.6. The monoisotopic (exact) mass is 278 g/mol. The molecule has 20 heavy (non-hydrogen) atoms. The van der Waals surface area contributed by atoms with Crippen molar-refractivity contribution in [1.29, 1.82) is 0 Å². The second-order valence-electron chi connectivity index (χ2n) is 4.25. The fourth-order valence-corrected chi connectivity index (χ4v) is 2.26. The van der Waals surface area contributed by atoms with Gasteiger partial charge in [-0.05, 0) is 24.3 Å². The molecule has 0 fully saturated rings. The van der Waals surface area contributed by atoms with Gasteiger partial charge >= 0.3 is 0 Å². The Labute approximate surface area is 118 Å². The third-order valence-corrected chi connectivity index (χ3v) is 3.35. The maximum absolute atomic E-state index is 10.9. The standard InChI is InChI=1S/C16H11N2OP/c19-20-16-11-5-10-15(18-16)14-9-4-8-13(17-14)12-6-2-1-3-7-12/h1-11H. The highest BCUT2D eigenvalue weighted by molar-refractivity contribution is 7.33. The van der Waals surface area contributed by atoms with Crippen molar-refractivity contribution in [1.82, 2.24) is 9.97 Å². The Morgan fingerprint density at radius 2 is 1.30 bits per heavy atom. The van der Waals surface area contributed by atoms with E-state index in [1.54, 1.807) is 6.07 Å². The zero-order valence-electron chi connectivity index (χ0n) is 10.6. The molecule has 0 saturated heterocycles. The zero-order chi connectivity index (χ0) is 13.8. The Morgan fingerprint density at radius 3 is 2.05 bits per heavy atom. The molecule has 3 nitrogen and oxygen atoms in total. The largest absolute Gasteiger partial charge is 0.268 e. The minimum atomic E-state index is -0.0791. The molecule has 0 aliphatic carbocycles. The molecular formula is C16H11N2OP. The molecule has 2 heterocycles. The summed E-state index contributed by atoms with van der Waals surface area (Å²) < 4.78 is 10.9. The quantitative estimate of drug-likeness (QED) is 0.686. The number of hydrogen-bond acceptors (Lipinski definition) is 3. The summed E-state index contributed by atoms with van der Waals surface area (Å²) in [4.78, 5) is 8.93. The molecule has 0 saturated carbocycles. The van der Waals surface area contributed by atoms with Crippen molar-refractivity contribution in [2.24, 2.45) is 0 Å². The molecule has 0 aliphatic rings. The summed E-state index contributed by atoms with van der Waals surface area (Å²) in [5.41, 5.74) is 3.97. The van der Waals surface area contributed by atoms with Crippen LogP contribution in [0.1, 0.15) is 0 Å². The molecule has 3 aromatic rings. The zero-order valence-corrected chi connectivity index (χ0v) is 11.5. The predicted octanol–water partition coefficient (Wildman–Crippen LogP) is 3.73. The number of benzene rings is 1. The molecule has 0 bridgehead atoms. The first-order valence-electron chi connectivity index (χ1n) is 6.20. The van der Waals surface area contributed by atoms with Crippen LogP contribution in [0.2, 0.25) is 0 Å². The maximum Gasteiger partial charge on any atom is 0.212 e. The average molecular weight is 278 g/mol. The van der Waals surface area contributed by atoms with E-state index in [0.29, 0.717) is 5.44 Å². The lowest BCUT2D eigenvalue weighted by molar-refractivity contribution is 0.602. The van der Waals surface area contributed by atoms with Crippen molar-refractivity contribution in [3.05, 3.63) is 66.7 Å². The topological polar surface area (TPSA) is 42.9 Å². The van der Waals surface area contributed by atoms with Crippen LogP contribution in [-0.2, 0) is 4.57 Å². The Morgan fingerprint density at radius 1 is 0.650 bits per heavy atom. The fourth-order valence-electron chi connectivity index (χ4n) is 1.96. The second kappa shape index (κ2) is 5.72. The van der Waals surface area contributed by atoms with Crippen LogP contribution in [0.25, 0.3) is 22.6 Å². The molecule has 0 N–H and O–H groups in total. The molecule has 0 atom stereocenters. The predicted molar refractivity (Wildman–Crippen MR) is 80.1 cm³/mol. The highest BCUT2D eigenvalue weighted by Gasteiger charge is 2.05. The molecular weight excluding hydrogens is 267 g/mol. The van der Waals surface area contributed by atoms with Gasteiger partial charge in [0, 0.05) is 5.56 Å². The van der Waals surface area contributed by atoms with Crippen LogP contribution in [0.3, 0.4) is 0 Å². The van der Waals surface area contributed by atoms with Crippen LogP contribution in [0.15, 0.2) is 66.7 Å². The summed E-state index contributed by atoms with van der Waals surface area (Å²) in [6.07, 6.45) is 0. The highest BCUT2D eigenvalue weighted by Crippen LogP contribution is 2.20. The third-order valence-electron chi connectivity index (χ3n) is 2.91. The number of hydrogen-bond donors (Lipinski definition) is 0. The summed E-state index contributed by atoms with van der Waals surface area (Å²) in [6.45, 7) is 0. The van der Waals surface area contributed by atoms with Gasteiger partial charge in [0.1, 0.15) is 5.44 Å². The van der Waals surface area contributed by atoms with Gasteiger partial charge in [0.2, 0.25) is 8.46 Å². The molecule has 4 heteroatoms. The van der Waals surface area contributed by atoms with Gasteiger partial charge in [0.25, 0.3) is 0 Å². The molecule has 0 amide bonds. The van der Waals surface area contributed by atoms with Crippen molar-refractivity contribution >= 4 is 13.9 Å². The van der Waals surface area contributed by atoms with Crippen molar-refractivity contribution in [3.8, 4) is 22.6 Å². The molecule has 0 aliphatic heterocycles. The third kappa shape index (κ3) is 2.63. The van der Waals surface area contributed by atoms with Gasteiger partial charge in [-0.3, -0.25) is 4.57 Å². The van der Waals surface area contributed by atoms with Gasteiger partial charge in [0.15, 0.2) is 0 Å². The van der Waals surface area contributed by atoms with Gasteiger partial charge in [-0.15, -0.1) is 0 Å². The highest BCUT2D eigenvalue weighted by atomic mass is 31.1. The van der Waals surface area contributed by atoms with Crippen molar-refractivity contribution in [2.45, 2.75) is 0 Å². The summed E-state index contributed by atoms with van der Waals surface area (Å²) in [7, 11) is -0.0791. The van der Waals surface area contributed by atoms with Crippen molar-refractivity contribution in [3.63, 3.8) is 0 Å². The van der Waals surface area contributed by atoms with Crippen molar-refractivity contribution < 1.29 is 4.57 Å². The van der Waals surface area contributed by atoms with Gasteiger partial charge in [-0.2, -0.15) is 0 Å². The fraction of sp³-hybridized carbons (Fsp3) is 0. The van der Waals surface area contributed by atoms with Gasteiger partial charge in [0.05, 0.1) is 17.1 Å². The van der Waals surface area contributed by atoms with E-state index < -0.39 is 0 Å². The van der Waals surface area contributed by atoms with E-state index >= 15 is 0 Å². The maximum atomic E-state index is 10.9. The lowest BCUT2D eigenvalue weighted by Crippen LogP contribution is -2.00. The number of pyridine rings is 2. The summed E-state index contributed by atoms with van der Waals surface area (Å²) >= 11 is 0. The minimum absolute atomic E-state index is 0.0791. The summed E-state index contributed by atoms with van der Waals surface area (Å²) in [5.74, 6) is 0. The van der Waals surface area contributed by atoms with E-state index in [9.17, 15) is 4.57 Å². The van der Waals surface area contributed by atoms with E-state index in [-0.39, 0.29) is 8.46 Å². The Balaban J connectivity index is 2.05. The van der Waals surface area contributed by atoms with Gasteiger partial charge in [-0.1, -0.05) is 42.5 Å². The Bertz CT molecular complexity index is 744. The van der Waals surface area contributed by atoms with E-state index in [1.165, 1.54) is 0 Å². The average Bonchev–Trinajstić information content (AvgIpc) is 2.56. The van der Waals surface area contributed by atoms with Crippen LogP contribution >= 0.6 is 8.46 Å². The van der Waals surface area contributed by atoms with Crippen LogP contribution in [-0.4, -0.2) is 9.97 Å². The van der Waals surface area contributed by atoms with Crippen LogP contribution in [0, 0.1) is 0 Å². The first-order chi connectivity index (χ1) is 9.86. The summed E-state index contributed by atoms with van der Waals surface area (Å²) in [5, 5.41) is 0. The first-order valence-corrected chi connectivity index (χ1v) is 7.01. The lowest BCUT2D eigenvalue weighted by atomic mass is 10.1. The molecule has 0 radical (unpaired) electrons. The van der Waals surface area contributed by atoms with Crippen molar-refractivity contribution in [2.75, 3.05) is 0 Å². The smallest absolute Gasteiger partial charge is 0.212 e. The number of nitrogens with zero attached hydrogens (tertiary/aromatic N) is 2. The van der Waals surface area contributed by atoms with E-state index in [1.807, 2.05) is 60.7 Å². The number of rotatable bonds is 3. The molecule has 0 spiro atoms. The Hall–Kier alpha value is -2.38. The second-order valence-corrected chi connectivity index (χ2v) is 4.89. The Kier molecular flexibility index (Phi) is 3.62. The molecule has 1 aromatic carbocycles. The SMILES string of the molecule is O=Pc1cccc(-c2cccc(-c3ccccc3)n2)n1. The van der Waals surface area contributed by atoms with Crippen LogP contribution < -0.4 is 5.44 Å². The molecule has 96 valence electrons. The molecule has 3 rings (SSSR count). The van der Waals surface area contributed by atoms with E-state index in [0.717, 1.165) is 22.6 Å². The lowest BCUT2D eigenvalue weighted by Gasteiger charge is -2.04. The molecule has 0 unspecified atom stereocenters.